The summed E-state index contributed by atoms with van der Waals surface area (Å²) >= 11 is 2.90. The lowest BCUT2D eigenvalue weighted by atomic mass is 9.52. The molecule has 0 saturated heterocycles. The van der Waals surface area contributed by atoms with E-state index < -0.39 is 11.2 Å². The molecule has 0 spiro atoms. The molecule has 0 radical (unpaired) electrons. The van der Waals surface area contributed by atoms with Crippen LogP contribution in [-0.4, -0.2) is 17.8 Å². The van der Waals surface area contributed by atoms with Gasteiger partial charge in [-0.1, -0.05) is 18.2 Å². The zero-order chi connectivity index (χ0) is 12.2. The molecule has 0 aromatic carbocycles. The predicted octanol–water partition coefficient (Wildman–Crippen LogP) is 2.80. The van der Waals surface area contributed by atoms with E-state index in [2.05, 4.69) is 17.4 Å². The summed E-state index contributed by atoms with van der Waals surface area (Å²) in [4.78, 5) is 10.9. The number of halogens is 2. The van der Waals surface area contributed by atoms with Crippen molar-refractivity contribution in [3.63, 3.8) is 0 Å². The number of hydrogen-bond donors (Lipinski definition) is 1. The topological polar surface area (TPSA) is 26.3 Å². The van der Waals surface area contributed by atoms with E-state index in [1.165, 1.54) is 24.8 Å². The van der Waals surface area contributed by atoms with Gasteiger partial charge < -0.3 is 4.74 Å². The molecule has 2 atom stereocenters. The van der Waals surface area contributed by atoms with Crippen molar-refractivity contribution in [3.8, 4) is 0 Å². The van der Waals surface area contributed by atoms with Gasteiger partial charge in [-0.2, -0.15) is 8.78 Å². The second-order valence-electron chi connectivity index (χ2n) is 5.35. The molecule has 5 aliphatic rings. The SMILES string of the molecule is O=C(OCC1=C2C3CC(C1)CC2C3)C(F)(F)S. The molecule has 0 aromatic rings. The van der Waals surface area contributed by atoms with E-state index in [0.717, 1.165) is 12.0 Å². The van der Waals surface area contributed by atoms with Gasteiger partial charge in [-0.05, 0) is 49.0 Å². The molecule has 0 amide bonds. The van der Waals surface area contributed by atoms with Gasteiger partial charge in [0.05, 0.1) is 0 Å². The van der Waals surface area contributed by atoms with Crippen LogP contribution in [0.2, 0.25) is 0 Å². The summed E-state index contributed by atoms with van der Waals surface area (Å²) in [7, 11) is 0. The van der Waals surface area contributed by atoms with Gasteiger partial charge in [0, 0.05) is 0 Å². The number of esters is 1. The van der Waals surface area contributed by atoms with Gasteiger partial charge in [-0.15, -0.1) is 0 Å². The largest absolute Gasteiger partial charge is 0.456 e. The summed E-state index contributed by atoms with van der Waals surface area (Å²) in [5.41, 5.74) is 2.50. The first-order chi connectivity index (χ1) is 7.95. The molecule has 5 rings (SSSR count). The number of alkyl halides is 2. The third kappa shape index (κ3) is 1.88. The first-order valence-corrected chi connectivity index (χ1v) is 6.39. The zero-order valence-corrected chi connectivity index (χ0v) is 10.2. The van der Waals surface area contributed by atoms with Crippen LogP contribution in [-0.2, 0) is 9.53 Å². The highest BCUT2D eigenvalue weighted by molar-refractivity contribution is 7.82. The second kappa shape index (κ2) is 3.70. The number of carbonyl (C=O) groups is 1. The van der Waals surface area contributed by atoms with Crippen LogP contribution in [0.25, 0.3) is 0 Å². The van der Waals surface area contributed by atoms with Crippen molar-refractivity contribution < 1.29 is 18.3 Å². The number of allylic oxidation sites excluding steroid dienone is 1. The molecular weight excluding hydrogens is 246 g/mol. The number of rotatable bonds is 3. The van der Waals surface area contributed by atoms with Gasteiger partial charge in [0.25, 0.3) is 0 Å². The molecule has 3 fully saturated rings. The lowest BCUT2D eigenvalue weighted by Gasteiger charge is -2.53. The number of fused-ring (bicyclic) bond motifs is 1. The van der Waals surface area contributed by atoms with Crippen LogP contribution in [0.5, 0.6) is 0 Å². The molecule has 94 valence electrons. The van der Waals surface area contributed by atoms with Gasteiger partial charge in [0.2, 0.25) is 0 Å². The molecular formula is C12H14F2O2S. The summed E-state index contributed by atoms with van der Waals surface area (Å²) in [5.74, 6) is 0.445. The maximum atomic E-state index is 12.5. The maximum Gasteiger partial charge on any atom is 0.388 e. The molecule has 17 heavy (non-hydrogen) atoms. The van der Waals surface area contributed by atoms with Crippen LogP contribution < -0.4 is 0 Å². The normalized spacial score (nSPS) is 34.6. The Morgan fingerprint density at radius 3 is 2.53 bits per heavy atom. The highest BCUT2D eigenvalue weighted by Crippen LogP contribution is 2.59. The fourth-order valence-electron chi connectivity index (χ4n) is 3.71. The number of ether oxygens (including phenoxy) is 1. The molecule has 5 aliphatic carbocycles. The Balaban J connectivity index is 1.66. The Kier molecular flexibility index (Phi) is 2.51. The minimum Gasteiger partial charge on any atom is -0.456 e. The monoisotopic (exact) mass is 260 g/mol. The lowest BCUT2D eigenvalue weighted by molar-refractivity contribution is -0.159. The van der Waals surface area contributed by atoms with Crippen LogP contribution in [0.1, 0.15) is 25.7 Å². The molecule has 0 aromatic heterocycles. The van der Waals surface area contributed by atoms with Gasteiger partial charge in [0.15, 0.2) is 0 Å². The Morgan fingerprint density at radius 2 is 2.00 bits per heavy atom. The molecule has 0 heterocycles. The molecule has 4 bridgehead atoms. The maximum absolute atomic E-state index is 12.5. The first-order valence-electron chi connectivity index (χ1n) is 5.94. The third-order valence-electron chi connectivity index (χ3n) is 4.25. The second-order valence-corrected chi connectivity index (χ2v) is 5.91. The van der Waals surface area contributed by atoms with E-state index in [9.17, 15) is 13.6 Å². The Morgan fingerprint density at radius 1 is 1.35 bits per heavy atom. The minimum atomic E-state index is -3.68. The zero-order valence-electron chi connectivity index (χ0n) is 9.29. The van der Waals surface area contributed by atoms with Crippen molar-refractivity contribution in [2.75, 3.05) is 6.61 Å². The van der Waals surface area contributed by atoms with Crippen molar-refractivity contribution in [1.82, 2.24) is 0 Å². The fraction of sp³-hybridized carbons (Fsp3) is 0.750. The number of carbonyl (C=O) groups excluding carboxylic acids is 1. The van der Waals surface area contributed by atoms with Gasteiger partial charge in [-0.25, -0.2) is 4.79 Å². The van der Waals surface area contributed by atoms with Crippen LogP contribution >= 0.6 is 12.6 Å². The van der Waals surface area contributed by atoms with Gasteiger partial charge in [0.1, 0.15) is 6.61 Å². The van der Waals surface area contributed by atoms with E-state index >= 15 is 0 Å². The smallest absolute Gasteiger partial charge is 0.388 e. The molecule has 0 N–H and O–H groups in total. The van der Waals surface area contributed by atoms with E-state index in [1.54, 1.807) is 0 Å². The van der Waals surface area contributed by atoms with E-state index in [1.807, 2.05) is 0 Å². The van der Waals surface area contributed by atoms with Gasteiger partial charge >= 0.3 is 11.2 Å². The van der Waals surface area contributed by atoms with Gasteiger partial charge in [-0.3, -0.25) is 0 Å². The summed E-state index contributed by atoms with van der Waals surface area (Å²) in [6, 6.07) is 0. The van der Waals surface area contributed by atoms with E-state index in [-0.39, 0.29) is 6.61 Å². The van der Waals surface area contributed by atoms with Crippen molar-refractivity contribution in [2.45, 2.75) is 30.9 Å². The highest BCUT2D eigenvalue weighted by Gasteiger charge is 2.48. The van der Waals surface area contributed by atoms with E-state index in [4.69, 9.17) is 0 Å². The molecule has 3 saturated carbocycles. The van der Waals surface area contributed by atoms with Crippen molar-refractivity contribution in [2.24, 2.45) is 17.8 Å². The van der Waals surface area contributed by atoms with E-state index in [0.29, 0.717) is 17.8 Å². The first kappa shape index (κ1) is 11.5. The fourth-order valence-corrected chi connectivity index (χ4v) is 3.77. The highest BCUT2D eigenvalue weighted by atomic mass is 32.1. The molecule has 2 unspecified atom stereocenters. The van der Waals surface area contributed by atoms with Crippen LogP contribution in [0.3, 0.4) is 0 Å². The summed E-state index contributed by atoms with van der Waals surface area (Å²) in [6.45, 7) is 0.0355. The number of hydrogen-bond acceptors (Lipinski definition) is 3. The van der Waals surface area contributed by atoms with Crippen LogP contribution in [0.4, 0.5) is 8.78 Å². The average Bonchev–Trinajstić information content (AvgIpc) is 2.23. The van der Waals surface area contributed by atoms with Crippen molar-refractivity contribution in [1.29, 1.82) is 0 Å². The lowest BCUT2D eigenvalue weighted by Crippen LogP contribution is -2.43. The van der Waals surface area contributed by atoms with Crippen molar-refractivity contribution >= 4 is 18.6 Å². The summed E-state index contributed by atoms with van der Waals surface area (Å²) in [6.07, 6.45) is 4.65. The Labute approximate surface area is 104 Å². The Bertz CT molecular complexity index is 386. The molecule has 5 heteroatoms. The van der Waals surface area contributed by atoms with Crippen molar-refractivity contribution in [3.05, 3.63) is 11.1 Å². The Hall–Kier alpha value is -0.580. The quantitative estimate of drug-likeness (QED) is 0.480. The molecule has 2 nitrogen and oxygen atoms in total. The molecule has 0 aliphatic heterocycles. The van der Waals surface area contributed by atoms with Crippen LogP contribution in [0.15, 0.2) is 11.1 Å². The number of thiol groups is 1. The summed E-state index contributed by atoms with van der Waals surface area (Å²) in [5, 5.41) is -3.68. The predicted molar refractivity (Wildman–Crippen MR) is 60.9 cm³/mol. The third-order valence-corrected chi connectivity index (χ3v) is 4.43. The minimum absolute atomic E-state index is 0.0355. The van der Waals surface area contributed by atoms with Crippen LogP contribution in [0, 0.1) is 17.8 Å². The average molecular weight is 260 g/mol. The summed E-state index contributed by atoms with van der Waals surface area (Å²) < 4.78 is 29.7. The standard InChI is InChI=1S/C12H14F2O2S/c13-12(14,17)11(15)16-5-9-3-6-1-7-4-8(2-6)10(7)9/h6-8,17H,1-5H2.